The molecule has 108 valence electrons. The normalized spacial score (nSPS) is 13.1. The molecule has 0 saturated carbocycles. The lowest BCUT2D eigenvalue weighted by Crippen LogP contribution is -2.26. The second-order valence-corrected chi connectivity index (χ2v) is 5.98. The van der Waals surface area contributed by atoms with Crippen LogP contribution in [0.5, 0.6) is 5.75 Å². The van der Waals surface area contributed by atoms with Gasteiger partial charge < -0.3 is 9.15 Å². The topological polar surface area (TPSA) is 68.5 Å². The molecule has 0 aliphatic heterocycles. The highest BCUT2D eigenvalue weighted by Gasteiger charge is 2.19. The fraction of sp³-hybridized carbons (Fsp3) is 0.286. The van der Waals surface area contributed by atoms with Crippen LogP contribution in [0, 0.1) is 0 Å². The van der Waals surface area contributed by atoms with Crippen LogP contribution >= 0.6 is 0 Å². The maximum absolute atomic E-state index is 12.2. The van der Waals surface area contributed by atoms with Gasteiger partial charge in [0.2, 0.25) is 10.0 Å². The predicted molar refractivity (Wildman–Crippen MR) is 75.1 cm³/mol. The van der Waals surface area contributed by atoms with Crippen LogP contribution in [0.1, 0.15) is 25.6 Å². The standard InChI is InChI=1S/C14H17NO4S/c1-3-18-12-6-8-13(9-7-12)20(16,17)15-11(2)14-5-4-10-19-14/h4-11,15H,3H2,1-2H3/t11-/m1/s1. The summed E-state index contributed by atoms with van der Waals surface area (Å²) in [6.45, 7) is 4.14. The van der Waals surface area contributed by atoms with Gasteiger partial charge in [0.25, 0.3) is 0 Å². The van der Waals surface area contributed by atoms with Gasteiger partial charge in [-0.3, -0.25) is 0 Å². The van der Waals surface area contributed by atoms with Gasteiger partial charge in [0.1, 0.15) is 11.5 Å². The third-order valence-electron chi connectivity index (χ3n) is 2.75. The molecule has 0 spiro atoms. The molecule has 0 unspecified atom stereocenters. The lowest BCUT2D eigenvalue weighted by atomic mass is 10.3. The first-order valence-corrected chi connectivity index (χ1v) is 7.80. The summed E-state index contributed by atoms with van der Waals surface area (Å²) in [5, 5.41) is 0. The van der Waals surface area contributed by atoms with E-state index < -0.39 is 16.1 Å². The highest BCUT2D eigenvalue weighted by molar-refractivity contribution is 7.89. The second kappa shape index (κ2) is 6.11. The van der Waals surface area contributed by atoms with Crippen molar-refractivity contribution in [3.63, 3.8) is 0 Å². The van der Waals surface area contributed by atoms with E-state index in [4.69, 9.17) is 9.15 Å². The predicted octanol–water partition coefficient (Wildman–Crippen LogP) is 2.72. The molecule has 1 atom stereocenters. The summed E-state index contributed by atoms with van der Waals surface area (Å²) < 4.78 is 37.5. The van der Waals surface area contributed by atoms with E-state index in [1.54, 1.807) is 31.2 Å². The highest BCUT2D eigenvalue weighted by Crippen LogP contribution is 2.19. The number of sulfonamides is 1. The summed E-state index contributed by atoms with van der Waals surface area (Å²) in [5.41, 5.74) is 0. The summed E-state index contributed by atoms with van der Waals surface area (Å²) in [4.78, 5) is 0.194. The van der Waals surface area contributed by atoms with Crippen molar-refractivity contribution < 1.29 is 17.6 Å². The van der Waals surface area contributed by atoms with Crippen LogP contribution in [0.4, 0.5) is 0 Å². The Kier molecular flexibility index (Phi) is 4.46. The van der Waals surface area contributed by atoms with Crippen LogP contribution in [-0.4, -0.2) is 15.0 Å². The Morgan fingerprint density at radius 3 is 2.50 bits per heavy atom. The van der Waals surface area contributed by atoms with Crippen LogP contribution in [-0.2, 0) is 10.0 Å². The van der Waals surface area contributed by atoms with Gasteiger partial charge in [0.15, 0.2) is 0 Å². The number of furan rings is 1. The maximum Gasteiger partial charge on any atom is 0.241 e. The molecule has 6 heteroatoms. The molecule has 5 nitrogen and oxygen atoms in total. The Hall–Kier alpha value is -1.79. The van der Waals surface area contributed by atoms with Crippen LogP contribution in [0.3, 0.4) is 0 Å². The molecule has 1 aromatic carbocycles. The van der Waals surface area contributed by atoms with Crippen molar-refractivity contribution >= 4 is 10.0 Å². The van der Waals surface area contributed by atoms with E-state index >= 15 is 0 Å². The zero-order valence-electron chi connectivity index (χ0n) is 11.4. The summed E-state index contributed by atoms with van der Waals surface area (Å²) in [6, 6.07) is 9.32. The fourth-order valence-electron chi connectivity index (χ4n) is 1.78. The zero-order chi connectivity index (χ0) is 14.6. The molecule has 0 bridgehead atoms. The molecule has 2 aromatic rings. The third kappa shape index (κ3) is 3.40. The fourth-order valence-corrected chi connectivity index (χ4v) is 2.99. The number of nitrogens with one attached hydrogen (secondary N) is 1. The molecule has 1 aromatic heterocycles. The number of benzene rings is 1. The van der Waals surface area contributed by atoms with Crippen molar-refractivity contribution in [1.82, 2.24) is 4.72 Å². The Morgan fingerprint density at radius 1 is 1.25 bits per heavy atom. The molecule has 0 fully saturated rings. The van der Waals surface area contributed by atoms with Crippen LogP contribution in [0.25, 0.3) is 0 Å². The lowest BCUT2D eigenvalue weighted by molar-refractivity contribution is 0.340. The van der Waals surface area contributed by atoms with Gasteiger partial charge in [-0.05, 0) is 50.2 Å². The average Bonchev–Trinajstić information content (AvgIpc) is 2.93. The van der Waals surface area contributed by atoms with E-state index in [-0.39, 0.29) is 4.90 Å². The van der Waals surface area contributed by atoms with Crippen LogP contribution in [0.15, 0.2) is 52.0 Å². The molecule has 0 aliphatic rings. The van der Waals surface area contributed by atoms with E-state index in [2.05, 4.69) is 4.72 Å². The molecule has 0 radical (unpaired) electrons. The number of hydrogen-bond acceptors (Lipinski definition) is 4. The number of ether oxygens (including phenoxy) is 1. The van der Waals surface area contributed by atoms with E-state index in [0.29, 0.717) is 18.1 Å². The van der Waals surface area contributed by atoms with E-state index in [1.165, 1.54) is 18.4 Å². The molecule has 0 amide bonds. The molecule has 1 N–H and O–H groups in total. The Bertz CT molecular complexity index is 632. The lowest BCUT2D eigenvalue weighted by Gasteiger charge is -2.12. The smallest absolute Gasteiger partial charge is 0.241 e. The van der Waals surface area contributed by atoms with Gasteiger partial charge in [0, 0.05) is 0 Å². The Labute approximate surface area is 118 Å². The minimum Gasteiger partial charge on any atom is -0.494 e. The van der Waals surface area contributed by atoms with Crippen molar-refractivity contribution in [2.45, 2.75) is 24.8 Å². The van der Waals surface area contributed by atoms with Crippen LogP contribution < -0.4 is 9.46 Å². The monoisotopic (exact) mass is 295 g/mol. The maximum atomic E-state index is 12.2. The third-order valence-corrected chi connectivity index (χ3v) is 4.30. The summed E-state index contributed by atoms with van der Waals surface area (Å²) in [6.07, 6.45) is 1.51. The van der Waals surface area contributed by atoms with Crippen molar-refractivity contribution in [2.24, 2.45) is 0 Å². The van der Waals surface area contributed by atoms with E-state index in [1.807, 2.05) is 6.92 Å². The van der Waals surface area contributed by atoms with E-state index in [9.17, 15) is 8.42 Å². The van der Waals surface area contributed by atoms with Crippen molar-refractivity contribution in [2.75, 3.05) is 6.61 Å². The quantitative estimate of drug-likeness (QED) is 0.889. The Morgan fingerprint density at radius 2 is 1.95 bits per heavy atom. The molecule has 0 saturated heterocycles. The van der Waals surface area contributed by atoms with Crippen molar-refractivity contribution in [3.8, 4) is 5.75 Å². The van der Waals surface area contributed by atoms with Crippen molar-refractivity contribution in [3.05, 3.63) is 48.4 Å². The van der Waals surface area contributed by atoms with Gasteiger partial charge >= 0.3 is 0 Å². The first-order chi connectivity index (χ1) is 9.53. The first-order valence-electron chi connectivity index (χ1n) is 6.31. The number of hydrogen-bond donors (Lipinski definition) is 1. The summed E-state index contributed by atoms with van der Waals surface area (Å²) in [5.74, 6) is 1.21. The SMILES string of the molecule is CCOc1ccc(S(=O)(=O)N[C@H](C)c2ccco2)cc1. The molecule has 0 aliphatic carbocycles. The molecular formula is C14H17NO4S. The molecule has 2 rings (SSSR count). The van der Waals surface area contributed by atoms with E-state index in [0.717, 1.165) is 0 Å². The highest BCUT2D eigenvalue weighted by atomic mass is 32.2. The summed E-state index contributed by atoms with van der Waals surface area (Å²) in [7, 11) is -3.58. The minimum absolute atomic E-state index is 0.194. The van der Waals surface area contributed by atoms with Crippen LogP contribution in [0.2, 0.25) is 0 Å². The number of rotatable bonds is 6. The second-order valence-electron chi connectivity index (χ2n) is 4.26. The largest absolute Gasteiger partial charge is 0.494 e. The van der Waals surface area contributed by atoms with Gasteiger partial charge in [0.05, 0.1) is 23.8 Å². The average molecular weight is 295 g/mol. The van der Waals surface area contributed by atoms with Gasteiger partial charge in [-0.2, -0.15) is 0 Å². The first kappa shape index (κ1) is 14.6. The van der Waals surface area contributed by atoms with Gasteiger partial charge in [-0.15, -0.1) is 0 Å². The molecule has 1 heterocycles. The van der Waals surface area contributed by atoms with Crippen molar-refractivity contribution in [1.29, 1.82) is 0 Å². The summed E-state index contributed by atoms with van der Waals surface area (Å²) >= 11 is 0. The molecule has 20 heavy (non-hydrogen) atoms. The Balaban J connectivity index is 2.13. The van der Waals surface area contributed by atoms with Gasteiger partial charge in [-0.25, -0.2) is 13.1 Å². The van der Waals surface area contributed by atoms with Gasteiger partial charge in [-0.1, -0.05) is 0 Å². The zero-order valence-corrected chi connectivity index (χ0v) is 12.2. The molecular weight excluding hydrogens is 278 g/mol. The minimum atomic E-state index is -3.58.